The van der Waals surface area contributed by atoms with Gasteiger partial charge >= 0.3 is 0 Å². The Morgan fingerprint density at radius 2 is 1.68 bits per heavy atom. The Morgan fingerprint density at radius 1 is 0.909 bits per heavy atom. The van der Waals surface area contributed by atoms with E-state index >= 15 is 0 Å². The first-order valence-corrected chi connectivity index (χ1v) is 7.21. The maximum Gasteiger partial charge on any atom is 0.213 e. The van der Waals surface area contributed by atoms with Crippen molar-refractivity contribution in [1.29, 1.82) is 0 Å². The lowest BCUT2D eigenvalue weighted by atomic mass is 10.0. The van der Waals surface area contributed by atoms with Crippen molar-refractivity contribution in [1.82, 2.24) is 4.98 Å². The fourth-order valence-corrected chi connectivity index (χ4v) is 2.29. The van der Waals surface area contributed by atoms with Crippen molar-refractivity contribution >= 4 is 6.08 Å². The Hall–Kier alpha value is -2.87. The van der Waals surface area contributed by atoms with E-state index < -0.39 is 0 Å². The second kappa shape index (κ2) is 6.72. The highest BCUT2D eigenvalue weighted by Crippen LogP contribution is 2.25. The van der Waals surface area contributed by atoms with Crippen molar-refractivity contribution < 1.29 is 4.74 Å². The van der Waals surface area contributed by atoms with Gasteiger partial charge in [-0.3, -0.25) is 0 Å². The molecular weight excluding hydrogens is 270 g/mol. The minimum atomic E-state index is 0.524. The van der Waals surface area contributed by atoms with Crippen molar-refractivity contribution in [2.24, 2.45) is 0 Å². The summed E-state index contributed by atoms with van der Waals surface area (Å²) >= 11 is 0. The molecule has 0 bridgehead atoms. The zero-order chi connectivity index (χ0) is 15.2. The number of nitrogens with zero attached hydrogens (tertiary/aromatic N) is 1. The number of aromatic nitrogens is 1. The lowest BCUT2D eigenvalue weighted by Crippen LogP contribution is -1.96. The molecule has 1 aromatic heterocycles. The molecule has 0 N–H and O–H groups in total. The monoisotopic (exact) mass is 287 g/mol. The van der Waals surface area contributed by atoms with E-state index in [1.54, 1.807) is 0 Å². The largest absolute Gasteiger partial charge is 0.473 e. The maximum atomic E-state index is 5.71. The van der Waals surface area contributed by atoms with Crippen LogP contribution in [0.4, 0.5) is 0 Å². The summed E-state index contributed by atoms with van der Waals surface area (Å²) in [6, 6.07) is 22.1. The van der Waals surface area contributed by atoms with Crippen LogP contribution in [0.15, 0.2) is 79.5 Å². The minimum absolute atomic E-state index is 0.524. The summed E-state index contributed by atoms with van der Waals surface area (Å²) in [5.41, 5.74) is 4.41. The first-order valence-electron chi connectivity index (χ1n) is 7.21. The van der Waals surface area contributed by atoms with Gasteiger partial charge in [0.1, 0.15) is 6.61 Å². The molecule has 3 rings (SSSR count). The molecule has 0 aliphatic heterocycles. The van der Waals surface area contributed by atoms with E-state index in [-0.39, 0.29) is 0 Å². The van der Waals surface area contributed by atoms with Gasteiger partial charge in [0.25, 0.3) is 0 Å². The Bertz CT molecular complexity index is 748. The van der Waals surface area contributed by atoms with Crippen molar-refractivity contribution in [3.63, 3.8) is 0 Å². The molecule has 0 amide bonds. The average Bonchev–Trinajstić information content (AvgIpc) is 2.61. The fraction of sp³-hybridized carbons (Fsp3) is 0.0500. The summed E-state index contributed by atoms with van der Waals surface area (Å²) in [5.74, 6) is 0.628. The predicted molar refractivity (Wildman–Crippen MR) is 90.5 cm³/mol. The van der Waals surface area contributed by atoms with Gasteiger partial charge < -0.3 is 4.74 Å². The first kappa shape index (κ1) is 14.1. The summed E-state index contributed by atoms with van der Waals surface area (Å²) in [6.45, 7) is 4.38. The molecule has 3 aromatic rings. The van der Waals surface area contributed by atoms with Crippen LogP contribution in [0, 0.1) is 0 Å². The molecule has 2 nitrogen and oxygen atoms in total. The fourth-order valence-electron chi connectivity index (χ4n) is 2.29. The van der Waals surface area contributed by atoms with Crippen LogP contribution in [0.3, 0.4) is 0 Å². The SMILES string of the molecule is C=Cc1ccccc1-c1ccc(OCc2ccccc2)nc1. The average molecular weight is 287 g/mol. The third-order valence-electron chi connectivity index (χ3n) is 3.46. The second-order valence-corrected chi connectivity index (χ2v) is 4.95. The van der Waals surface area contributed by atoms with Crippen LogP contribution in [-0.2, 0) is 6.61 Å². The van der Waals surface area contributed by atoms with Gasteiger partial charge in [0.05, 0.1) is 0 Å². The van der Waals surface area contributed by atoms with Gasteiger partial charge in [0, 0.05) is 17.8 Å². The standard InChI is InChI=1S/C20H17NO/c1-2-17-10-6-7-11-19(17)18-12-13-20(21-14-18)22-15-16-8-4-3-5-9-16/h2-14H,1,15H2. The third-order valence-corrected chi connectivity index (χ3v) is 3.46. The van der Waals surface area contributed by atoms with E-state index in [1.165, 1.54) is 0 Å². The Balaban J connectivity index is 1.74. The molecular formula is C20H17NO. The summed E-state index contributed by atoms with van der Waals surface area (Å²) < 4.78 is 5.71. The van der Waals surface area contributed by atoms with Gasteiger partial charge in [-0.15, -0.1) is 0 Å². The lowest BCUT2D eigenvalue weighted by molar-refractivity contribution is 0.294. The number of hydrogen-bond acceptors (Lipinski definition) is 2. The molecule has 0 aliphatic rings. The van der Waals surface area contributed by atoms with Gasteiger partial charge in [-0.05, 0) is 22.8 Å². The highest BCUT2D eigenvalue weighted by Gasteiger charge is 2.03. The van der Waals surface area contributed by atoms with Gasteiger partial charge in [0.15, 0.2) is 0 Å². The normalized spacial score (nSPS) is 10.2. The number of benzene rings is 2. The number of hydrogen-bond donors (Lipinski definition) is 0. The molecule has 0 saturated carbocycles. The summed E-state index contributed by atoms with van der Waals surface area (Å²) in [6.07, 6.45) is 3.69. The predicted octanol–water partition coefficient (Wildman–Crippen LogP) is 4.97. The summed E-state index contributed by atoms with van der Waals surface area (Å²) in [5, 5.41) is 0. The molecule has 108 valence electrons. The third kappa shape index (κ3) is 3.23. The van der Waals surface area contributed by atoms with E-state index in [0.29, 0.717) is 12.5 Å². The molecule has 0 fully saturated rings. The second-order valence-electron chi connectivity index (χ2n) is 4.95. The molecule has 0 aliphatic carbocycles. The van der Waals surface area contributed by atoms with E-state index in [4.69, 9.17) is 4.74 Å². The zero-order valence-electron chi connectivity index (χ0n) is 12.3. The smallest absolute Gasteiger partial charge is 0.213 e. The molecule has 0 radical (unpaired) electrons. The molecule has 2 aromatic carbocycles. The van der Waals surface area contributed by atoms with Gasteiger partial charge in [-0.2, -0.15) is 0 Å². The van der Waals surface area contributed by atoms with Crippen LogP contribution >= 0.6 is 0 Å². The van der Waals surface area contributed by atoms with Gasteiger partial charge in [-0.25, -0.2) is 4.98 Å². The topological polar surface area (TPSA) is 22.1 Å². The van der Waals surface area contributed by atoms with Crippen LogP contribution < -0.4 is 4.74 Å². The number of ether oxygens (including phenoxy) is 1. The van der Waals surface area contributed by atoms with E-state index in [9.17, 15) is 0 Å². The Labute approximate surface area is 130 Å². The quantitative estimate of drug-likeness (QED) is 0.661. The summed E-state index contributed by atoms with van der Waals surface area (Å²) in [4.78, 5) is 4.39. The maximum absolute atomic E-state index is 5.71. The van der Waals surface area contributed by atoms with Crippen molar-refractivity contribution in [2.45, 2.75) is 6.61 Å². The van der Waals surface area contributed by atoms with Crippen LogP contribution in [0.5, 0.6) is 5.88 Å². The number of rotatable bonds is 5. The minimum Gasteiger partial charge on any atom is -0.473 e. The molecule has 0 unspecified atom stereocenters. The molecule has 0 atom stereocenters. The van der Waals surface area contributed by atoms with Crippen LogP contribution in [0.25, 0.3) is 17.2 Å². The van der Waals surface area contributed by atoms with Crippen LogP contribution in [0.2, 0.25) is 0 Å². The van der Waals surface area contributed by atoms with Crippen molar-refractivity contribution in [2.75, 3.05) is 0 Å². The van der Waals surface area contributed by atoms with Gasteiger partial charge in [0.2, 0.25) is 5.88 Å². The Kier molecular flexibility index (Phi) is 4.30. The summed E-state index contributed by atoms with van der Waals surface area (Å²) in [7, 11) is 0. The molecule has 0 spiro atoms. The zero-order valence-corrected chi connectivity index (χ0v) is 12.3. The van der Waals surface area contributed by atoms with E-state index in [1.807, 2.05) is 72.9 Å². The highest BCUT2D eigenvalue weighted by molar-refractivity contribution is 5.74. The Morgan fingerprint density at radius 3 is 2.41 bits per heavy atom. The van der Waals surface area contributed by atoms with Crippen molar-refractivity contribution in [3.05, 3.63) is 90.6 Å². The molecule has 0 saturated heterocycles. The van der Waals surface area contributed by atoms with Crippen molar-refractivity contribution in [3.8, 4) is 17.0 Å². The molecule has 22 heavy (non-hydrogen) atoms. The van der Waals surface area contributed by atoms with Gasteiger partial charge in [-0.1, -0.05) is 67.3 Å². The van der Waals surface area contributed by atoms with E-state index in [2.05, 4.69) is 17.6 Å². The molecule has 2 heteroatoms. The highest BCUT2D eigenvalue weighted by atomic mass is 16.5. The molecule has 1 heterocycles. The number of pyridine rings is 1. The van der Waals surface area contributed by atoms with Crippen LogP contribution in [-0.4, -0.2) is 4.98 Å². The lowest BCUT2D eigenvalue weighted by Gasteiger charge is -2.08. The van der Waals surface area contributed by atoms with E-state index in [0.717, 1.165) is 22.3 Å². The van der Waals surface area contributed by atoms with Crippen LogP contribution in [0.1, 0.15) is 11.1 Å². The first-order chi connectivity index (χ1) is 10.9.